The van der Waals surface area contributed by atoms with Gasteiger partial charge in [0.25, 0.3) is 0 Å². The zero-order valence-electron chi connectivity index (χ0n) is 12.4. The SMILES string of the molecule is CC(C)(C)[C@@H](N)C(=O)Nc1ccc(F)c(NS(C)(=O)=O)c1. The van der Waals surface area contributed by atoms with Crippen molar-refractivity contribution in [3.63, 3.8) is 0 Å². The fourth-order valence-electron chi connectivity index (χ4n) is 1.49. The number of rotatable bonds is 4. The molecule has 4 N–H and O–H groups in total. The van der Waals surface area contributed by atoms with E-state index in [1.807, 2.05) is 25.5 Å². The molecule has 1 atom stereocenters. The van der Waals surface area contributed by atoms with Gasteiger partial charge in [-0.3, -0.25) is 9.52 Å². The summed E-state index contributed by atoms with van der Waals surface area (Å²) in [5.41, 5.74) is 5.40. The molecular formula is C13H20FN3O3S. The lowest BCUT2D eigenvalue weighted by atomic mass is 9.87. The second-order valence-electron chi connectivity index (χ2n) is 5.90. The van der Waals surface area contributed by atoms with Crippen molar-refractivity contribution in [1.82, 2.24) is 0 Å². The van der Waals surface area contributed by atoms with Crippen molar-refractivity contribution in [3.8, 4) is 0 Å². The van der Waals surface area contributed by atoms with Crippen LogP contribution in [0.25, 0.3) is 0 Å². The zero-order valence-corrected chi connectivity index (χ0v) is 13.2. The predicted molar refractivity (Wildman–Crippen MR) is 80.9 cm³/mol. The Hall–Kier alpha value is -1.67. The number of carbonyl (C=O) groups is 1. The molecule has 0 spiro atoms. The number of nitrogens with one attached hydrogen (secondary N) is 2. The Morgan fingerprint density at radius 1 is 1.33 bits per heavy atom. The second kappa shape index (κ2) is 5.98. The minimum Gasteiger partial charge on any atom is -0.325 e. The van der Waals surface area contributed by atoms with Gasteiger partial charge in [-0.1, -0.05) is 20.8 Å². The number of nitrogens with two attached hydrogens (primary N) is 1. The molecule has 0 radical (unpaired) electrons. The van der Waals surface area contributed by atoms with Crippen LogP contribution < -0.4 is 15.8 Å². The minimum absolute atomic E-state index is 0.236. The highest BCUT2D eigenvalue weighted by molar-refractivity contribution is 7.92. The maximum atomic E-state index is 13.5. The fraction of sp³-hybridized carbons (Fsp3) is 0.462. The summed E-state index contributed by atoms with van der Waals surface area (Å²) in [7, 11) is -3.61. The van der Waals surface area contributed by atoms with Crippen LogP contribution in [0.3, 0.4) is 0 Å². The first-order valence-corrected chi connectivity index (χ1v) is 8.13. The van der Waals surface area contributed by atoms with Crippen molar-refractivity contribution in [2.75, 3.05) is 16.3 Å². The van der Waals surface area contributed by atoms with E-state index in [2.05, 4.69) is 5.32 Å². The lowest BCUT2D eigenvalue weighted by molar-refractivity contribution is -0.119. The number of amides is 1. The Morgan fingerprint density at radius 2 is 1.90 bits per heavy atom. The summed E-state index contributed by atoms with van der Waals surface area (Å²) in [6.45, 7) is 5.45. The third-order valence-electron chi connectivity index (χ3n) is 2.74. The van der Waals surface area contributed by atoms with Gasteiger partial charge in [0.2, 0.25) is 15.9 Å². The monoisotopic (exact) mass is 317 g/mol. The van der Waals surface area contributed by atoms with Gasteiger partial charge in [-0.15, -0.1) is 0 Å². The number of hydrogen-bond acceptors (Lipinski definition) is 4. The van der Waals surface area contributed by atoms with Gasteiger partial charge in [0.1, 0.15) is 5.82 Å². The van der Waals surface area contributed by atoms with Crippen molar-refractivity contribution in [2.24, 2.45) is 11.1 Å². The number of benzene rings is 1. The van der Waals surface area contributed by atoms with Gasteiger partial charge in [-0.05, 0) is 23.6 Å². The van der Waals surface area contributed by atoms with E-state index in [4.69, 9.17) is 5.73 Å². The third kappa shape index (κ3) is 5.31. The molecule has 0 aliphatic heterocycles. The standard InChI is InChI=1S/C13H20FN3O3S/c1-13(2,3)11(15)12(18)16-8-5-6-9(14)10(7-8)17-21(4,19)20/h5-7,11,17H,15H2,1-4H3,(H,16,18)/t11-/m0/s1. The van der Waals surface area contributed by atoms with E-state index in [9.17, 15) is 17.6 Å². The number of carbonyl (C=O) groups excluding carboxylic acids is 1. The van der Waals surface area contributed by atoms with Crippen LogP contribution in [-0.4, -0.2) is 26.6 Å². The third-order valence-corrected chi connectivity index (χ3v) is 3.34. The molecule has 0 aliphatic carbocycles. The first-order chi connectivity index (χ1) is 9.40. The van der Waals surface area contributed by atoms with Crippen molar-refractivity contribution in [2.45, 2.75) is 26.8 Å². The summed E-state index contributed by atoms with van der Waals surface area (Å²) in [5.74, 6) is -1.17. The van der Waals surface area contributed by atoms with Crippen LogP contribution in [-0.2, 0) is 14.8 Å². The molecule has 0 unspecified atom stereocenters. The van der Waals surface area contributed by atoms with E-state index in [1.165, 1.54) is 12.1 Å². The Labute approximate surface area is 124 Å². The molecule has 0 aromatic heterocycles. The average molecular weight is 317 g/mol. The van der Waals surface area contributed by atoms with Crippen LogP contribution in [0.1, 0.15) is 20.8 Å². The van der Waals surface area contributed by atoms with E-state index < -0.39 is 33.2 Å². The van der Waals surface area contributed by atoms with Crippen LogP contribution in [0.5, 0.6) is 0 Å². The quantitative estimate of drug-likeness (QED) is 0.783. The molecule has 8 heteroatoms. The van der Waals surface area contributed by atoms with Gasteiger partial charge in [0.15, 0.2) is 0 Å². The van der Waals surface area contributed by atoms with Gasteiger partial charge >= 0.3 is 0 Å². The molecule has 118 valence electrons. The predicted octanol–water partition coefficient (Wildman–Crippen LogP) is 1.51. The maximum absolute atomic E-state index is 13.5. The van der Waals surface area contributed by atoms with E-state index in [0.717, 1.165) is 12.3 Å². The summed E-state index contributed by atoms with van der Waals surface area (Å²) in [4.78, 5) is 12.0. The highest BCUT2D eigenvalue weighted by Crippen LogP contribution is 2.22. The molecule has 0 bridgehead atoms. The highest BCUT2D eigenvalue weighted by Gasteiger charge is 2.27. The van der Waals surface area contributed by atoms with E-state index >= 15 is 0 Å². The number of sulfonamides is 1. The van der Waals surface area contributed by atoms with Gasteiger partial charge in [0, 0.05) is 5.69 Å². The molecule has 6 nitrogen and oxygen atoms in total. The minimum atomic E-state index is -3.61. The summed E-state index contributed by atoms with van der Waals surface area (Å²) in [6, 6.07) is 2.83. The molecule has 1 amide bonds. The van der Waals surface area contributed by atoms with Crippen LogP contribution in [0, 0.1) is 11.2 Å². The first kappa shape index (κ1) is 17.4. The molecule has 0 heterocycles. The average Bonchev–Trinajstić information content (AvgIpc) is 2.29. The lowest BCUT2D eigenvalue weighted by Gasteiger charge is -2.25. The Morgan fingerprint density at radius 3 is 2.38 bits per heavy atom. The van der Waals surface area contributed by atoms with Gasteiger partial charge in [0.05, 0.1) is 18.0 Å². The first-order valence-electron chi connectivity index (χ1n) is 6.24. The number of halogens is 1. The van der Waals surface area contributed by atoms with Gasteiger partial charge < -0.3 is 11.1 Å². The zero-order chi connectivity index (χ0) is 16.4. The van der Waals surface area contributed by atoms with Crippen molar-refractivity contribution < 1.29 is 17.6 Å². The summed E-state index contributed by atoms with van der Waals surface area (Å²) < 4.78 is 37.8. The van der Waals surface area contributed by atoms with Crippen molar-refractivity contribution in [3.05, 3.63) is 24.0 Å². The summed E-state index contributed by atoms with van der Waals surface area (Å²) in [5, 5.41) is 2.54. The van der Waals surface area contributed by atoms with Crippen LogP contribution >= 0.6 is 0 Å². The lowest BCUT2D eigenvalue weighted by Crippen LogP contribution is -2.45. The molecule has 21 heavy (non-hydrogen) atoms. The number of hydrogen-bond donors (Lipinski definition) is 3. The molecule has 0 fully saturated rings. The molecule has 0 saturated carbocycles. The van der Waals surface area contributed by atoms with E-state index in [0.29, 0.717) is 0 Å². The van der Waals surface area contributed by atoms with Crippen molar-refractivity contribution in [1.29, 1.82) is 0 Å². The normalized spacial score (nSPS) is 13.6. The summed E-state index contributed by atoms with van der Waals surface area (Å²) in [6.07, 6.45) is 0.910. The van der Waals surface area contributed by atoms with Crippen LogP contribution in [0.2, 0.25) is 0 Å². The number of anilines is 2. The van der Waals surface area contributed by atoms with Crippen molar-refractivity contribution >= 4 is 27.3 Å². The maximum Gasteiger partial charge on any atom is 0.241 e. The molecule has 0 aliphatic rings. The van der Waals surface area contributed by atoms with Crippen LogP contribution in [0.4, 0.5) is 15.8 Å². The van der Waals surface area contributed by atoms with Gasteiger partial charge in [-0.25, -0.2) is 12.8 Å². The Balaban J connectivity index is 2.96. The Bertz CT molecular complexity index is 639. The molecule has 1 rings (SSSR count). The second-order valence-corrected chi connectivity index (χ2v) is 7.65. The smallest absolute Gasteiger partial charge is 0.241 e. The van der Waals surface area contributed by atoms with E-state index in [1.54, 1.807) is 0 Å². The molecule has 1 aromatic carbocycles. The molecule has 1 aromatic rings. The van der Waals surface area contributed by atoms with E-state index in [-0.39, 0.29) is 11.4 Å². The Kier molecular flexibility index (Phi) is 4.95. The fourth-order valence-corrected chi connectivity index (χ4v) is 2.05. The molecular weight excluding hydrogens is 297 g/mol. The topological polar surface area (TPSA) is 101 Å². The van der Waals surface area contributed by atoms with Gasteiger partial charge in [-0.2, -0.15) is 0 Å². The van der Waals surface area contributed by atoms with Crippen LogP contribution in [0.15, 0.2) is 18.2 Å². The largest absolute Gasteiger partial charge is 0.325 e. The molecule has 0 saturated heterocycles. The summed E-state index contributed by atoms with van der Waals surface area (Å²) >= 11 is 0. The highest BCUT2D eigenvalue weighted by atomic mass is 32.2.